The Labute approximate surface area is 242 Å². The van der Waals surface area contributed by atoms with Crippen LogP contribution < -0.4 is 18.9 Å². The molecule has 0 fully saturated rings. The Morgan fingerprint density at radius 3 is 1.33 bits per heavy atom. The number of methoxy groups -OCH3 is 4. The number of hydrogen-bond donors (Lipinski definition) is 4. The van der Waals surface area contributed by atoms with Gasteiger partial charge in [-0.25, -0.2) is 0 Å². The van der Waals surface area contributed by atoms with Crippen molar-refractivity contribution in [3.63, 3.8) is 0 Å². The first-order valence-corrected chi connectivity index (χ1v) is 13.6. The average Bonchev–Trinajstić information content (AvgIpc) is 3.00. The van der Waals surface area contributed by atoms with E-state index in [0.29, 0.717) is 77.9 Å². The molecule has 4 aromatic rings. The molecular formula is C32H34O10. The number of phenols is 2. The summed E-state index contributed by atoms with van der Waals surface area (Å²) in [6, 6.07) is 6.86. The second kappa shape index (κ2) is 10.4. The molecule has 0 radical (unpaired) electrons. The number of aliphatic hydroxyl groups is 2. The minimum atomic E-state index is -1.14. The summed E-state index contributed by atoms with van der Waals surface area (Å²) in [4.78, 5) is 0. The molecule has 4 atom stereocenters. The van der Waals surface area contributed by atoms with Crippen molar-refractivity contribution in [3.05, 3.63) is 46.5 Å². The lowest BCUT2D eigenvalue weighted by Gasteiger charge is -2.36. The Kier molecular flexibility index (Phi) is 6.97. The topological polar surface area (TPSA) is 136 Å². The van der Waals surface area contributed by atoms with Gasteiger partial charge >= 0.3 is 0 Å². The summed E-state index contributed by atoms with van der Waals surface area (Å²) in [5.74, 6) is 1.45. The summed E-state index contributed by atoms with van der Waals surface area (Å²) in [5, 5.41) is 48.4. The van der Waals surface area contributed by atoms with Crippen LogP contribution >= 0.6 is 0 Å². The summed E-state index contributed by atoms with van der Waals surface area (Å²) >= 11 is 0. The number of rotatable bonds is 5. The zero-order valence-corrected chi connectivity index (χ0v) is 24.3. The first kappa shape index (κ1) is 28.2. The number of fused-ring (bicyclic) bond motifs is 4. The van der Waals surface area contributed by atoms with Gasteiger partial charge in [0.25, 0.3) is 0 Å². The standard InChI is InChI=1S/C32H34O10/c1-13-29(33)27-19(11-41-13)31(35)23-17(7-15(37-3)9-21(23)39-5)25(27)26-18-8-16(38-4)10-22(40-6)24(18)32(36)20-12-42-14(2)30(34)28(20)26/h7-10,13-14,29-30,33-36H,11-12H2,1-6H3/t13-,14+,29+,30-. The predicted octanol–water partition coefficient (Wildman–Crippen LogP) is 5.01. The highest BCUT2D eigenvalue weighted by Crippen LogP contribution is 2.56. The van der Waals surface area contributed by atoms with E-state index in [1.807, 2.05) is 0 Å². The molecule has 0 bridgehead atoms. The third-order valence-electron chi connectivity index (χ3n) is 8.55. The quantitative estimate of drug-likeness (QED) is 0.256. The Bertz CT molecular complexity index is 1600. The zero-order valence-electron chi connectivity index (χ0n) is 24.3. The van der Waals surface area contributed by atoms with Gasteiger partial charge < -0.3 is 48.8 Å². The molecule has 0 saturated carbocycles. The molecular weight excluding hydrogens is 544 g/mol. The van der Waals surface area contributed by atoms with Crippen LogP contribution in [0.4, 0.5) is 0 Å². The van der Waals surface area contributed by atoms with E-state index in [2.05, 4.69) is 0 Å². The zero-order chi connectivity index (χ0) is 30.0. The first-order chi connectivity index (χ1) is 20.2. The number of ether oxygens (including phenoxy) is 6. The van der Waals surface area contributed by atoms with Crippen LogP contribution in [0.2, 0.25) is 0 Å². The van der Waals surface area contributed by atoms with Crippen molar-refractivity contribution < 1.29 is 48.8 Å². The Morgan fingerprint density at radius 1 is 0.619 bits per heavy atom. The van der Waals surface area contributed by atoms with Crippen molar-refractivity contribution in [2.75, 3.05) is 28.4 Å². The molecule has 2 aliphatic rings. The Balaban J connectivity index is 1.95. The van der Waals surface area contributed by atoms with Gasteiger partial charge in [-0.1, -0.05) is 0 Å². The summed E-state index contributed by atoms with van der Waals surface area (Å²) in [7, 11) is 6.05. The second-order valence-corrected chi connectivity index (χ2v) is 10.7. The van der Waals surface area contributed by atoms with Gasteiger partial charge in [0.05, 0.1) is 64.6 Å². The molecule has 0 unspecified atom stereocenters. The summed E-state index contributed by atoms with van der Waals surface area (Å²) in [6.45, 7) is 3.58. The van der Waals surface area contributed by atoms with Crippen LogP contribution in [-0.2, 0) is 22.7 Å². The van der Waals surface area contributed by atoms with E-state index in [-0.39, 0.29) is 24.7 Å². The van der Waals surface area contributed by atoms with Crippen LogP contribution in [0.3, 0.4) is 0 Å². The van der Waals surface area contributed by atoms with E-state index in [1.165, 1.54) is 28.4 Å². The van der Waals surface area contributed by atoms with Gasteiger partial charge in [-0.15, -0.1) is 0 Å². The molecule has 0 spiro atoms. The van der Waals surface area contributed by atoms with Gasteiger partial charge in [0, 0.05) is 45.2 Å². The van der Waals surface area contributed by atoms with Crippen LogP contribution in [-0.4, -0.2) is 61.1 Å². The number of aromatic hydroxyl groups is 2. The van der Waals surface area contributed by atoms with Crippen LogP contribution in [0.15, 0.2) is 24.3 Å². The van der Waals surface area contributed by atoms with E-state index in [1.54, 1.807) is 38.1 Å². The maximum Gasteiger partial charge on any atom is 0.134 e. The molecule has 4 N–H and O–H groups in total. The molecule has 10 heteroatoms. The smallest absolute Gasteiger partial charge is 0.134 e. The van der Waals surface area contributed by atoms with Gasteiger partial charge in [0.1, 0.15) is 46.7 Å². The molecule has 4 aromatic carbocycles. The highest BCUT2D eigenvalue weighted by molar-refractivity contribution is 6.15. The fourth-order valence-corrected chi connectivity index (χ4v) is 6.33. The molecule has 0 amide bonds. The summed E-state index contributed by atoms with van der Waals surface area (Å²) < 4.78 is 34.4. The molecule has 0 aromatic heterocycles. The molecule has 6 rings (SSSR count). The number of aliphatic hydroxyl groups excluding tert-OH is 2. The van der Waals surface area contributed by atoms with Crippen molar-refractivity contribution in [3.8, 4) is 45.6 Å². The van der Waals surface area contributed by atoms with Crippen molar-refractivity contribution in [1.29, 1.82) is 0 Å². The number of phenolic OH excluding ortho intramolecular Hbond substituents is 2. The van der Waals surface area contributed by atoms with Crippen molar-refractivity contribution in [2.24, 2.45) is 0 Å². The van der Waals surface area contributed by atoms with Crippen LogP contribution in [0.5, 0.6) is 34.5 Å². The number of benzene rings is 4. The fraction of sp³-hybridized carbons (Fsp3) is 0.375. The summed E-state index contributed by atoms with van der Waals surface area (Å²) in [6.07, 6.45) is -3.48. The highest BCUT2D eigenvalue weighted by Gasteiger charge is 2.39. The maximum absolute atomic E-state index is 11.7. The van der Waals surface area contributed by atoms with E-state index in [4.69, 9.17) is 28.4 Å². The monoisotopic (exact) mass is 578 g/mol. The van der Waals surface area contributed by atoms with Gasteiger partial charge in [-0.2, -0.15) is 0 Å². The normalized spacial score (nSPS) is 21.6. The van der Waals surface area contributed by atoms with E-state index in [0.717, 1.165) is 0 Å². The van der Waals surface area contributed by atoms with Crippen molar-refractivity contribution in [2.45, 2.75) is 51.5 Å². The summed E-state index contributed by atoms with van der Waals surface area (Å²) in [5.41, 5.74) is 2.73. The molecule has 42 heavy (non-hydrogen) atoms. The SMILES string of the molecule is COc1cc(OC)c2c(O)c3c(c(-c4c5c(c(O)c6c(OC)cc(OC)cc46)CO[C@@H](C)[C@H]5O)c2c1)[C@@H](O)[C@@H](C)OC3. The maximum atomic E-state index is 11.7. The molecule has 222 valence electrons. The first-order valence-electron chi connectivity index (χ1n) is 13.6. The van der Waals surface area contributed by atoms with Crippen LogP contribution in [0, 0.1) is 0 Å². The van der Waals surface area contributed by atoms with E-state index >= 15 is 0 Å². The van der Waals surface area contributed by atoms with Crippen LogP contribution in [0.25, 0.3) is 32.7 Å². The van der Waals surface area contributed by atoms with Gasteiger partial charge in [0.2, 0.25) is 0 Å². The van der Waals surface area contributed by atoms with E-state index in [9.17, 15) is 20.4 Å². The van der Waals surface area contributed by atoms with Gasteiger partial charge in [-0.3, -0.25) is 0 Å². The minimum absolute atomic E-state index is 0.0322. The van der Waals surface area contributed by atoms with Crippen LogP contribution in [0.1, 0.15) is 48.3 Å². The second-order valence-electron chi connectivity index (χ2n) is 10.7. The third kappa shape index (κ3) is 3.94. The number of hydrogen-bond acceptors (Lipinski definition) is 10. The Morgan fingerprint density at radius 2 is 1.00 bits per heavy atom. The minimum Gasteiger partial charge on any atom is -0.507 e. The van der Waals surface area contributed by atoms with Crippen molar-refractivity contribution in [1.82, 2.24) is 0 Å². The van der Waals surface area contributed by atoms with Gasteiger partial charge in [-0.05, 0) is 37.1 Å². The largest absolute Gasteiger partial charge is 0.507 e. The van der Waals surface area contributed by atoms with E-state index < -0.39 is 24.4 Å². The lowest BCUT2D eigenvalue weighted by atomic mass is 9.77. The molecule has 2 aliphatic heterocycles. The fourth-order valence-electron chi connectivity index (χ4n) is 6.33. The van der Waals surface area contributed by atoms with Crippen molar-refractivity contribution >= 4 is 21.5 Å². The third-order valence-corrected chi connectivity index (χ3v) is 8.55. The molecule has 2 heterocycles. The van der Waals surface area contributed by atoms with Gasteiger partial charge in [0.15, 0.2) is 0 Å². The highest BCUT2D eigenvalue weighted by atomic mass is 16.5. The lowest BCUT2D eigenvalue weighted by molar-refractivity contribution is -0.0537. The molecule has 10 nitrogen and oxygen atoms in total. The predicted molar refractivity (Wildman–Crippen MR) is 155 cm³/mol. The average molecular weight is 579 g/mol. The Hall–Kier alpha value is -3.96. The lowest BCUT2D eigenvalue weighted by Crippen LogP contribution is -2.28. The molecule has 0 saturated heterocycles. The molecule has 0 aliphatic carbocycles.